The van der Waals surface area contributed by atoms with Gasteiger partial charge in [-0.3, -0.25) is 4.79 Å². The second-order valence-corrected chi connectivity index (χ2v) is 6.71. The maximum Gasteiger partial charge on any atom is 0.260 e. The molecule has 1 aromatic rings. The summed E-state index contributed by atoms with van der Waals surface area (Å²) in [6, 6.07) is 9.40. The lowest BCUT2D eigenvalue weighted by Crippen LogP contribution is -2.57. The van der Waals surface area contributed by atoms with Crippen molar-refractivity contribution in [2.24, 2.45) is 11.8 Å². The number of piperidine rings is 1. The topological polar surface area (TPSA) is 49.8 Å². The smallest absolute Gasteiger partial charge is 0.260 e. The molecule has 1 aliphatic heterocycles. The molecule has 1 amide bonds. The summed E-state index contributed by atoms with van der Waals surface area (Å²) in [5.74, 6) is 1.28. The number of hydrogen-bond donors (Lipinski definition) is 1. The molecule has 0 bridgehead atoms. The number of carbonyl (C=O) groups is 1. The Kier molecular flexibility index (Phi) is 4.39. The fourth-order valence-corrected chi connectivity index (χ4v) is 3.63. The van der Waals surface area contributed by atoms with Gasteiger partial charge in [0, 0.05) is 19.0 Å². The molecule has 2 aliphatic rings. The molecule has 22 heavy (non-hydrogen) atoms. The molecule has 1 saturated heterocycles. The molecule has 2 atom stereocenters. The summed E-state index contributed by atoms with van der Waals surface area (Å²) in [4.78, 5) is 14.1. The molecular formula is C18H25NO3. The van der Waals surface area contributed by atoms with E-state index in [1.165, 1.54) is 6.42 Å². The number of nitrogens with zero attached hydrogens (tertiary/aromatic N) is 1. The van der Waals surface area contributed by atoms with Crippen molar-refractivity contribution in [3.63, 3.8) is 0 Å². The van der Waals surface area contributed by atoms with Gasteiger partial charge < -0.3 is 14.7 Å². The fraction of sp³-hybridized carbons (Fsp3) is 0.611. The number of benzene rings is 1. The Balaban J connectivity index is 1.52. The highest BCUT2D eigenvalue weighted by Crippen LogP contribution is 2.44. The van der Waals surface area contributed by atoms with Gasteiger partial charge in [0.25, 0.3) is 5.91 Å². The van der Waals surface area contributed by atoms with E-state index in [0.29, 0.717) is 31.2 Å². The Labute approximate surface area is 132 Å². The molecule has 0 aromatic heterocycles. The highest BCUT2D eigenvalue weighted by atomic mass is 16.5. The number of carbonyl (C=O) groups excluding carboxylic acids is 1. The first-order valence-electron chi connectivity index (χ1n) is 8.27. The summed E-state index contributed by atoms with van der Waals surface area (Å²) < 4.78 is 5.53. The SMILES string of the molecule is C[C@@H]1CN(C(=O)COc2ccccc2)CC[C@@]1(O)C1CCC1. The van der Waals surface area contributed by atoms with E-state index in [4.69, 9.17) is 4.74 Å². The van der Waals surface area contributed by atoms with Crippen LogP contribution in [0.1, 0.15) is 32.6 Å². The monoisotopic (exact) mass is 303 g/mol. The predicted octanol–water partition coefficient (Wildman–Crippen LogP) is 2.47. The zero-order valence-electron chi connectivity index (χ0n) is 13.2. The van der Waals surface area contributed by atoms with E-state index in [2.05, 4.69) is 6.92 Å². The molecule has 4 nitrogen and oxygen atoms in total. The third-order valence-electron chi connectivity index (χ3n) is 5.40. The van der Waals surface area contributed by atoms with Crippen LogP contribution in [-0.4, -0.2) is 41.2 Å². The third kappa shape index (κ3) is 2.98. The van der Waals surface area contributed by atoms with E-state index in [1.54, 1.807) is 0 Å². The zero-order chi connectivity index (χ0) is 15.6. The van der Waals surface area contributed by atoms with Crippen LogP contribution < -0.4 is 4.74 Å². The first-order valence-corrected chi connectivity index (χ1v) is 8.27. The van der Waals surface area contributed by atoms with Crippen LogP contribution in [0.5, 0.6) is 5.75 Å². The summed E-state index contributed by atoms with van der Waals surface area (Å²) in [6.45, 7) is 3.40. The molecule has 1 aromatic carbocycles. The van der Waals surface area contributed by atoms with Crippen molar-refractivity contribution in [2.75, 3.05) is 19.7 Å². The predicted molar refractivity (Wildman–Crippen MR) is 84.6 cm³/mol. The van der Waals surface area contributed by atoms with Gasteiger partial charge in [-0.1, -0.05) is 31.5 Å². The van der Waals surface area contributed by atoms with Gasteiger partial charge in [0.1, 0.15) is 5.75 Å². The minimum absolute atomic E-state index is 0.00589. The largest absolute Gasteiger partial charge is 0.484 e. The lowest BCUT2D eigenvalue weighted by atomic mass is 9.65. The zero-order valence-corrected chi connectivity index (χ0v) is 13.2. The summed E-state index contributed by atoms with van der Waals surface area (Å²) in [5, 5.41) is 10.9. The molecule has 0 unspecified atom stereocenters. The Morgan fingerprint density at radius 2 is 2.09 bits per heavy atom. The van der Waals surface area contributed by atoms with Crippen molar-refractivity contribution in [1.82, 2.24) is 4.90 Å². The van der Waals surface area contributed by atoms with Crippen molar-refractivity contribution in [1.29, 1.82) is 0 Å². The van der Waals surface area contributed by atoms with E-state index in [1.807, 2.05) is 35.2 Å². The Bertz CT molecular complexity index is 514. The normalized spacial score (nSPS) is 29.0. The van der Waals surface area contributed by atoms with Crippen molar-refractivity contribution in [3.8, 4) is 5.75 Å². The number of para-hydroxylation sites is 1. The second kappa shape index (κ2) is 6.29. The van der Waals surface area contributed by atoms with Crippen LogP contribution >= 0.6 is 0 Å². The minimum Gasteiger partial charge on any atom is -0.484 e. The van der Waals surface area contributed by atoms with E-state index in [9.17, 15) is 9.90 Å². The van der Waals surface area contributed by atoms with Gasteiger partial charge in [-0.15, -0.1) is 0 Å². The van der Waals surface area contributed by atoms with Gasteiger partial charge in [-0.2, -0.15) is 0 Å². The maximum absolute atomic E-state index is 12.3. The Morgan fingerprint density at radius 3 is 2.68 bits per heavy atom. The van der Waals surface area contributed by atoms with E-state index < -0.39 is 5.60 Å². The second-order valence-electron chi connectivity index (χ2n) is 6.71. The number of ether oxygens (including phenoxy) is 1. The van der Waals surface area contributed by atoms with Crippen LogP contribution in [0.25, 0.3) is 0 Å². The van der Waals surface area contributed by atoms with Gasteiger partial charge in [-0.25, -0.2) is 0 Å². The van der Waals surface area contributed by atoms with Crippen LogP contribution in [-0.2, 0) is 4.79 Å². The summed E-state index contributed by atoms with van der Waals surface area (Å²) in [5.41, 5.74) is -0.574. The molecule has 0 radical (unpaired) electrons. The molecule has 1 aliphatic carbocycles. The van der Waals surface area contributed by atoms with Gasteiger partial charge in [0.2, 0.25) is 0 Å². The van der Waals surface area contributed by atoms with Gasteiger partial charge in [0.05, 0.1) is 5.60 Å². The summed E-state index contributed by atoms with van der Waals surface area (Å²) >= 11 is 0. The van der Waals surface area contributed by atoms with Crippen LogP contribution in [0.3, 0.4) is 0 Å². The standard InChI is InChI=1S/C18H25NO3/c1-14-12-19(11-10-18(14,21)15-6-5-7-15)17(20)13-22-16-8-3-2-4-9-16/h2-4,8-9,14-15,21H,5-7,10-13H2,1H3/t14-,18+/m1/s1. The molecule has 4 heteroatoms. The van der Waals surface area contributed by atoms with E-state index in [0.717, 1.165) is 12.8 Å². The molecule has 120 valence electrons. The van der Waals surface area contributed by atoms with E-state index >= 15 is 0 Å². The first-order chi connectivity index (χ1) is 10.6. The lowest BCUT2D eigenvalue weighted by Gasteiger charge is -2.50. The van der Waals surface area contributed by atoms with Gasteiger partial charge >= 0.3 is 0 Å². The molecule has 2 fully saturated rings. The number of amides is 1. The Hall–Kier alpha value is -1.55. The minimum atomic E-state index is -0.574. The molecule has 3 rings (SSSR count). The molecule has 1 saturated carbocycles. The van der Waals surface area contributed by atoms with Crippen molar-refractivity contribution < 1.29 is 14.6 Å². The average molecular weight is 303 g/mol. The fourth-order valence-electron chi connectivity index (χ4n) is 3.63. The van der Waals surface area contributed by atoms with Crippen molar-refractivity contribution in [3.05, 3.63) is 30.3 Å². The average Bonchev–Trinajstić information content (AvgIpc) is 2.47. The number of hydrogen-bond acceptors (Lipinski definition) is 3. The van der Waals surface area contributed by atoms with Gasteiger partial charge in [0.15, 0.2) is 6.61 Å². The third-order valence-corrected chi connectivity index (χ3v) is 5.40. The van der Waals surface area contributed by atoms with Crippen LogP contribution in [0, 0.1) is 11.8 Å². The highest BCUT2D eigenvalue weighted by molar-refractivity contribution is 5.78. The summed E-state index contributed by atoms with van der Waals surface area (Å²) in [7, 11) is 0. The molecule has 1 N–H and O–H groups in total. The molecule has 0 spiro atoms. The number of aliphatic hydroxyl groups is 1. The van der Waals surface area contributed by atoms with Crippen molar-refractivity contribution >= 4 is 5.91 Å². The highest BCUT2D eigenvalue weighted by Gasteiger charge is 2.47. The summed E-state index contributed by atoms with van der Waals surface area (Å²) in [6.07, 6.45) is 4.18. The lowest BCUT2D eigenvalue weighted by molar-refractivity contribution is -0.152. The quantitative estimate of drug-likeness (QED) is 0.929. The van der Waals surface area contributed by atoms with Crippen LogP contribution in [0.15, 0.2) is 30.3 Å². The van der Waals surface area contributed by atoms with Crippen LogP contribution in [0.4, 0.5) is 0 Å². The van der Waals surface area contributed by atoms with Gasteiger partial charge in [-0.05, 0) is 37.3 Å². The number of rotatable bonds is 4. The number of likely N-dealkylation sites (tertiary alicyclic amines) is 1. The van der Waals surface area contributed by atoms with Crippen LogP contribution in [0.2, 0.25) is 0 Å². The van der Waals surface area contributed by atoms with E-state index in [-0.39, 0.29) is 18.4 Å². The first kappa shape index (κ1) is 15.3. The maximum atomic E-state index is 12.3. The van der Waals surface area contributed by atoms with Crippen molar-refractivity contribution in [2.45, 2.75) is 38.2 Å². The molecule has 1 heterocycles. The Morgan fingerprint density at radius 1 is 1.36 bits per heavy atom. The molecular weight excluding hydrogens is 278 g/mol.